The maximum atomic E-state index is 15.3. The van der Waals surface area contributed by atoms with Crippen molar-refractivity contribution in [2.45, 2.75) is 81.9 Å². The van der Waals surface area contributed by atoms with E-state index in [1.54, 1.807) is 30.3 Å². The topological polar surface area (TPSA) is 60.9 Å². The smallest absolute Gasteiger partial charge is 0.383 e. The molecule has 5 aliphatic rings. The van der Waals surface area contributed by atoms with Gasteiger partial charge < -0.3 is 10.0 Å². The van der Waals surface area contributed by atoms with E-state index in [1.165, 1.54) is 12.5 Å². The van der Waals surface area contributed by atoms with Gasteiger partial charge in [-0.05, 0) is 97.3 Å². The number of ketones is 1. The number of piperazine rings is 1. The Kier molecular flexibility index (Phi) is 8.66. The van der Waals surface area contributed by atoms with Crippen molar-refractivity contribution in [3.63, 3.8) is 0 Å². The van der Waals surface area contributed by atoms with Crippen molar-refractivity contribution in [2.24, 2.45) is 17.3 Å². The van der Waals surface area contributed by atoms with Gasteiger partial charge in [-0.2, -0.15) is 22.0 Å². The van der Waals surface area contributed by atoms with Crippen molar-refractivity contribution in [1.82, 2.24) is 9.80 Å². The Labute approximate surface area is 283 Å². The lowest BCUT2D eigenvalue weighted by atomic mass is 9.50. The van der Waals surface area contributed by atoms with E-state index in [0.717, 1.165) is 48.3 Å². The Morgan fingerprint density at radius 1 is 0.918 bits per heavy atom. The number of hydrogen-bond acceptors (Lipinski definition) is 4. The third kappa shape index (κ3) is 5.67. The third-order valence-electron chi connectivity index (χ3n) is 12.5. The van der Waals surface area contributed by atoms with Crippen LogP contribution in [0.5, 0.6) is 0 Å². The Hall–Kier alpha value is -3.37. The van der Waals surface area contributed by atoms with E-state index in [4.69, 9.17) is 0 Å². The number of hydrogen-bond donors (Lipinski definition) is 1. The van der Waals surface area contributed by atoms with Gasteiger partial charge in [0, 0.05) is 56.0 Å². The molecule has 0 aromatic heterocycles. The summed E-state index contributed by atoms with van der Waals surface area (Å²) < 4.78 is 72.2. The highest BCUT2D eigenvalue weighted by Gasteiger charge is 2.79. The van der Waals surface area contributed by atoms with Crippen molar-refractivity contribution in [3.8, 4) is 0 Å². The number of halogens is 5. The van der Waals surface area contributed by atoms with E-state index in [-0.39, 0.29) is 30.4 Å². The van der Waals surface area contributed by atoms with Crippen LogP contribution in [0.15, 0.2) is 77.4 Å². The number of nitrogens with zero attached hydrogens (tertiary/aromatic N) is 2. The fourth-order valence-corrected chi connectivity index (χ4v) is 9.86. The van der Waals surface area contributed by atoms with Gasteiger partial charge in [0.1, 0.15) is 5.60 Å². The van der Waals surface area contributed by atoms with Crippen molar-refractivity contribution in [1.29, 1.82) is 0 Å². The van der Waals surface area contributed by atoms with E-state index in [0.29, 0.717) is 44.3 Å². The van der Waals surface area contributed by atoms with E-state index < -0.39 is 41.4 Å². The molecular weight excluding hydrogens is 639 g/mol. The average molecular weight is 683 g/mol. The van der Waals surface area contributed by atoms with E-state index in [9.17, 15) is 27.9 Å². The minimum atomic E-state index is -5.89. The highest BCUT2D eigenvalue weighted by atomic mass is 19.4. The normalized spacial score (nSPS) is 30.8. The van der Waals surface area contributed by atoms with Gasteiger partial charge in [-0.3, -0.25) is 14.5 Å². The molecule has 49 heavy (non-hydrogen) atoms. The lowest BCUT2D eigenvalue weighted by Crippen LogP contribution is -2.65. The summed E-state index contributed by atoms with van der Waals surface area (Å²) in [6.07, 6.45) is -2.04. The first-order valence-electron chi connectivity index (χ1n) is 17.5. The zero-order chi connectivity index (χ0) is 34.8. The Balaban J connectivity index is 1.15. The number of carbonyl (C=O) groups excluding carboxylic acids is 2. The highest BCUT2D eigenvalue weighted by Crippen LogP contribution is 2.70. The number of fused-ring (bicyclic) bond motifs is 4. The number of carbonyl (C=O) groups is 2. The molecule has 1 N–H and O–H groups in total. The number of amides is 1. The first kappa shape index (κ1) is 34.1. The summed E-state index contributed by atoms with van der Waals surface area (Å²) >= 11 is 0. The van der Waals surface area contributed by atoms with Gasteiger partial charge in [0.2, 0.25) is 0 Å². The van der Waals surface area contributed by atoms with Crippen molar-refractivity contribution >= 4 is 11.7 Å². The van der Waals surface area contributed by atoms with Crippen LogP contribution in [0.25, 0.3) is 0 Å². The van der Waals surface area contributed by atoms with Crippen LogP contribution in [-0.4, -0.2) is 77.0 Å². The Bertz CT molecular complexity index is 1660. The van der Waals surface area contributed by atoms with Crippen LogP contribution >= 0.6 is 0 Å². The molecule has 0 unspecified atom stereocenters. The molecule has 2 aromatic rings. The monoisotopic (exact) mass is 682 g/mol. The summed E-state index contributed by atoms with van der Waals surface area (Å²) in [5.41, 5.74) is 0.474. The number of benzene rings is 2. The minimum Gasteiger partial charge on any atom is -0.383 e. The predicted octanol–water partition coefficient (Wildman–Crippen LogP) is 7.52. The van der Waals surface area contributed by atoms with Gasteiger partial charge >= 0.3 is 12.1 Å². The molecule has 3 fully saturated rings. The standard InChI is InChI=1S/C39H43F5N2O3/c1-36-24-32(26-7-9-27(10-8-26)35(48)46-21-19-45(20-22-46)18-16-25-5-3-2-4-6-25)34-30-14-12-29(47)23-28(30)11-13-31(34)33(36)15-17-37(36,49)38(40,41)39(42,43)44/h2-10,23,31-33,49H,11-22,24H2,1H3/t31-,32+,33-,36-,37+/m0/s1. The summed E-state index contributed by atoms with van der Waals surface area (Å²) in [5, 5.41) is 11.5. The maximum Gasteiger partial charge on any atom is 0.456 e. The van der Waals surface area contributed by atoms with E-state index in [1.807, 2.05) is 23.1 Å². The van der Waals surface area contributed by atoms with Crippen LogP contribution in [0.1, 0.15) is 79.3 Å². The lowest BCUT2D eigenvalue weighted by Gasteiger charge is -2.56. The molecule has 1 saturated heterocycles. The van der Waals surface area contributed by atoms with Crippen LogP contribution in [0.4, 0.5) is 22.0 Å². The van der Waals surface area contributed by atoms with Gasteiger partial charge in [0.05, 0.1) is 0 Å². The molecule has 2 saturated carbocycles. The lowest BCUT2D eigenvalue weighted by molar-refractivity contribution is -0.362. The number of aliphatic hydroxyl groups is 1. The Morgan fingerprint density at radius 2 is 1.61 bits per heavy atom. The summed E-state index contributed by atoms with van der Waals surface area (Å²) in [6, 6.07) is 17.3. The molecule has 5 atom stereocenters. The molecule has 262 valence electrons. The zero-order valence-corrected chi connectivity index (χ0v) is 27.7. The largest absolute Gasteiger partial charge is 0.456 e. The molecule has 0 radical (unpaired) electrons. The van der Waals surface area contributed by atoms with Crippen LogP contribution in [0.3, 0.4) is 0 Å². The molecule has 0 spiro atoms. The highest BCUT2D eigenvalue weighted by molar-refractivity contribution is 5.94. The third-order valence-corrected chi connectivity index (χ3v) is 12.5. The van der Waals surface area contributed by atoms with Crippen LogP contribution in [-0.2, 0) is 11.2 Å². The predicted molar refractivity (Wildman–Crippen MR) is 175 cm³/mol. The molecule has 0 bridgehead atoms. The van der Waals surface area contributed by atoms with Crippen molar-refractivity contribution in [3.05, 3.63) is 94.1 Å². The number of allylic oxidation sites excluding steroid dienone is 4. The maximum absolute atomic E-state index is 15.3. The minimum absolute atomic E-state index is 0.0370. The second kappa shape index (κ2) is 12.4. The average Bonchev–Trinajstić information content (AvgIpc) is 3.37. The number of rotatable bonds is 6. The van der Waals surface area contributed by atoms with E-state index >= 15 is 8.78 Å². The van der Waals surface area contributed by atoms with E-state index in [2.05, 4.69) is 17.0 Å². The molecule has 10 heteroatoms. The van der Waals surface area contributed by atoms with Crippen LogP contribution < -0.4 is 0 Å². The van der Waals surface area contributed by atoms with Crippen molar-refractivity contribution < 1.29 is 36.6 Å². The van der Waals surface area contributed by atoms with Gasteiger partial charge in [0.15, 0.2) is 5.78 Å². The molecule has 1 amide bonds. The summed E-state index contributed by atoms with van der Waals surface area (Å²) in [7, 11) is 0. The van der Waals surface area contributed by atoms with Crippen LogP contribution in [0.2, 0.25) is 0 Å². The molecule has 4 aliphatic carbocycles. The van der Waals surface area contributed by atoms with Gasteiger partial charge in [0.25, 0.3) is 5.91 Å². The zero-order valence-electron chi connectivity index (χ0n) is 27.7. The fourth-order valence-electron chi connectivity index (χ4n) is 9.86. The first-order chi connectivity index (χ1) is 23.2. The molecule has 1 aliphatic heterocycles. The molecule has 2 aromatic carbocycles. The van der Waals surface area contributed by atoms with Crippen LogP contribution in [0, 0.1) is 17.3 Å². The molecule has 5 nitrogen and oxygen atoms in total. The quantitative estimate of drug-likeness (QED) is 0.321. The van der Waals surface area contributed by atoms with Crippen molar-refractivity contribution in [2.75, 3.05) is 32.7 Å². The molecule has 7 rings (SSSR count). The summed E-state index contributed by atoms with van der Waals surface area (Å²) in [5.74, 6) is -6.73. The summed E-state index contributed by atoms with van der Waals surface area (Å²) in [4.78, 5) is 30.1. The molecular formula is C39H43F5N2O3. The van der Waals surface area contributed by atoms with Gasteiger partial charge in [-0.15, -0.1) is 0 Å². The molecule has 1 heterocycles. The SMILES string of the molecule is C[C@]12C[C@H](c3ccc(C(=O)N4CCN(CCc5ccccc5)CC4)cc3)C3=C4CCC(=O)C=C4CC[C@H]3[C@@H]1CC[C@]2(O)C(F)(F)C(F)(F)F. The second-order valence-electron chi connectivity index (χ2n) is 15.0. The fraction of sp³-hybridized carbons (Fsp3) is 0.538. The summed E-state index contributed by atoms with van der Waals surface area (Å²) in [6.45, 7) is 5.05. The first-order valence-corrected chi connectivity index (χ1v) is 17.5. The van der Waals surface area contributed by atoms with Gasteiger partial charge in [-0.1, -0.05) is 55.0 Å². The second-order valence-corrected chi connectivity index (χ2v) is 15.0. The Morgan fingerprint density at radius 3 is 2.29 bits per heavy atom. The number of alkyl halides is 5. The van der Waals surface area contributed by atoms with Gasteiger partial charge in [-0.25, -0.2) is 0 Å².